The molecule has 5 rings (SSSR count). The first-order chi connectivity index (χ1) is 25.9. The molecular weight excluding hydrogens is 714 g/mol. The Morgan fingerprint density at radius 2 is 1.73 bits per heavy atom. The number of phenolic OH excluding ortho intramolecular Hbond substituents is 1. The zero-order chi connectivity index (χ0) is 40.3. The summed E-state index contributed by atoms with van der Waals surface area (Å²) in [4.78, 5) is 55.5. The van der Waals surface area contributed by atoms with E-state index in [-0.39, 0.29) is 30.3 Å². The van der Waals surface area contributed by atoms with Gasteiger partial charge in [0.05, 0.1) is 42.5 Å². The maximum absolute atomic E-state index is 13.5. The third-order valence-electron chi connectivity index (χ3n) is 11.3. The summed E-state index contributed by atoms with van der Waals surface area (Å²) in [7, 11) is 0. The Morgan fingerprint density at radius 1 is 1.05 bits per heavy atom. The van der Waals surface area contributed by atoms with E-state index in [0.717, 1.165) is 5.56 Å². The number of carbonyl (C=O) groups excluding carboxylic acids is 3. The number of carboxylic acid groups (broad SMARTS) is 1. The lowest BCUT2D eigenvalue weighted by Crippen LogP contribution is -2.68. The summed E-state index contributed by atoms with van der Waals surface area (Å²) in [6.45, 7) is 9.94. The van der Waals surface area contributed by atoms with Gasteiger partial charge in [-0.05, 0) is 62.9 Å². The van der Waals surface area contributed by atoms with E-state index >= 15 is 0 Å². The molecule has 4 amide bonds. The first kappa shape index (κ1) is 41.8. The van der Waals surface area contributed by atoms with Crippen molar-refractivity contribution in [1.29, 1.82) is 0 Å². The molecule has 3 aliphatic heterocycles. The van der Waals surface area contributed by atoms with E-state index in [4.69, 9.17) is 9.47 Å². The number of likely N-dealkylation sites (tertiary alicyclic amines) is 1. The number of aromatic hydroxyl groups is 1. The molecule has 2 aromatic rings. The summed E-state index contributed by atoms with van der Waals surface area (Å²) in [5, 5.41) is 62.7. The van der Waals surface area contributed by atoms with Gasteiger partial charge in [-0.3, -0.25) is 14.5 Å². The van der Waals surface area contributed by atoms with E-state index in [1.807, 2.05) is 44.2 Å². The van der Waals surface area contributed by atoms with Gasteiger partial charge in [0.1, 0.15) is 18.0 Å². The van der Waals surface area contributed by atoms with Gasteiger partial charge >= 0.3 is 12.0 Å². The Bertz CT molecular complexity index is 1700. The summed E-state index contributed by atoms with van der Waals surface area (Å²) < 4.78 is 12.1. The zero-order valence-corrected chi connectivity index (χ0v) is 32.1. The largest absolute Gasteiger partial charge is 0.507 e. The van der Waals surface area contributed by atoms with Gasteiger partial charge in [-0.25, -0.2) is 9.59 Å². The SMILES string of the molecule is CC(=O)N[C@H]1[C@H]([C@H](O)[C@H](O)CNC(=O)c2cc(C)c(O)c(C)c2)O[C@@](CCN2CCOC[C@@]23CCN(C(=O)NC(C)(C)c2ccccc2)C3)(C(=O)O)C[C@@H]1O. The second-order valence-electron chi connectivity index (χ2n) is 15.7. The lowest BCUT2D eigenvalue weighted by molar-refractivity contribution is -0.231. The van der Waals surface area contributed by atoms with Crippen LogP contribution in [0.5, 0.6) is 5.75 Å². The third-order valence-corrected chi connectivity index (χ3v) is 11.3. The number of hydrogen-bond acceptors (Lipinski definition) is 11. The van der Waals surface area contributed by atoms with E-state index in [2.05, 4.69) is 20.9 Å². The molecule has 0 radical (unpaired) electrons. The number of aliphatic hydroxyl groups is 3. The van der Waals surface area contributed by atoms with Crippen molar-refractivity contribution in [2.75, 3.05) is 45.9 Å². The fourth-order valence-corrected chi connectivity index (χ4v) is 8.00. The van der Waals surface area contributed by atoms with Crippen LogP contribution in [0.4, 0.5) is 4.79 Å². The molecular formula is C39H55N5O11. The van der Waals surface area contributed by atoms with Crippen molar-refractivity contribution in [1.82, 2.24) is 25.8 Å². The molecule has 0 aromatic heterocycles. The van der Waals surface area contributed by atoms with E-state index < -0.39 is 77.9 Å². The van der Waals surface area contributed by atoms with Crippen molar-refractivity contribution < 1.29 is 54.2 Å². The summed E-state index contributed by atoms with van der Waals surface area (Å²) >= 11 is 0. The number of nitrogens with one attached hydrogen (secondary N) is 3. The number of benzene rings is 2. The van der Waals surface area contributed by atoms with Crippen molar-refractivity contribution in [3.8, 4) is 5.75 Å². The molecule has 302 valence electrons. The molecule has 1 spiro atoms. The molecule has 8 N–H and O–H groups in total. The van der Waals surface area contributed by atoms with Crippen molar-refractivity contribution in [3.05, 3.63) is 64.7 Å². The predicted molar refractivity (Wildman–Crippen MR) is 199 cm³/mol. The van der Waals surface area contributed by atoms with Crippen molar-refractivity contribution in [3.63, 3.8) is 0 Å². The molecule has 16 heteroatoms. The lowest BCUT2D eigenvalue weighted by atomic mass is 9.81. The Hall–Kier alpha value is -4.32. The molecule has 16 nitrogen and oxygen atoms in total. The molecule has 7 atom stereocenters. The monoisotopic (exact) mass is 769 g/mol. The Balaban J connectivity index is 1.29. The van der Waals surface area contributed by atoms with Gasteiger partial charge in [-0.1, -0.05) is 30.3 Å². The highest BCUT2D eigenvalue weighted by atomic mass is 16.6. The lowest BCUT2D eigenvalue weighted by Gasteiger charge is -2.49. The number of morpholine rings is 1. The topological polar surface area (TPSA) is 230 Å². The van der Waals surface area contributed by atoms with Gasteiger partial charge in [-0.15, -0.1) is 0 Å². The molecule has 3 aliphatic rings. The number of hydrogen-bond donors (Lipinski definition) is 8. The van der Waals surface area contributed by atoms with Crippen LogP contribution in [0.25, 0.3) is 0 Å². The highest BCUT2D eigenvalue weighted by molar-refractivity contribution is 5.95. The molecule has 0 aliphatic carbocycles. The maximum atomic E-state index is 13.5. The molecule has 3 saturated heterocycles. The molecule has 0 bridgehead atoms. The second kappa shape index (κ2) is 16.8. The van der Waals surface area contributed by atoms with Crippen LogP contribution >= 0.6 is 0 Å². The first-order valence-electron chi connectivity index (χ1n) is 18.6. The molecule has 55 heavy (non-hydrogen) atoms. The molecule has 0 saturated carbocycles. The van der Waals surface area contributed by atoms with Crippen LogP contribution in [0, 0.1) is 13.8 Å². The highest BCUT2D eigenvalue weighted by Gasteiger charge is 2.55. The molecule has 3 fully saturated rings. The van der Waals surface area contributed by atoms with Crippen LogP contribution in [0.3, 0.4) is 0 Å². The Morgan fingerprint density at radius 3 is 2.36 bits per heavy atom. The van der Waals surface area contributed by atoms with E-state index in [1.54, 1.807) is 18.7 Å². The number of nitrogens with zero attached hydrogens (tertiary/aromatic N) is 2. The van der Waals surface area contributed by atoms with E-state index in [0.29, 0.717) is 50.4 Å². The van der Waals surface area contributed by atoms with Gasteiger partial charge in [0.2, 0.25) is 5.91 Å². The maximum Gasteiger partial charge on any atom is 0.336 e. The van der Waals surface area contributed by atoms with Gasteiger partial charge in [0.15, 0.2) is 5.60 Å². The molecule has 0 unspecified atom stereocenters. The van der Waals surface area contributed by atoms with Crippen molar-refractivity contribution in [2.24, 2.45) is 0 Å². The summed E-state index contributed by atoms with van der Waals surface area (Å²) in [5.74, 6) is -2.52. The van der Waals surface area contributed by atoms with Gasteiger partial charge < -0.3 is 55.9 Å². The number of carboxylic acids is 1. The van der Waals surface area contributed by atoms with Gasteiger partial charge in [-0.2, -0.15) is 0 Å². The fraction of sp³-hybridized carbons (Fsp3) is 0.590. The fourth-order valence-electron chi connectivity index (χ4n) is 8.00. The van der Waals surface area contributed by atoms with Crippen molar-refractivity contribution in [2.45, 2.75) is 101 Å². The third kappa shape index (κ3) is 9.22. The number of carbonyl (C=O) groups is 4. The van der Waals surface area contributed by atoms with E-state index in [1.165, 1.54) is 19.1 Å². The van der Waals surface area contributed by atoms with Gasteiger partial charge in [0.25, 0.3) is 5.91 Å². The number of urea groups is 1. The first-order valence-corrected chi connectivity index (χ1v) is 18.6. The minimum atomic E-state index is -2.04. The summed E-state index contributed by atoms with van der Waals surface area (Å²) in [6, 6.07) is 11.1. The molecule has 2 aromatic carbocycles. The average Bonchev–Trinajstić information content (AvgIpc) is 3.57. The van der Waals surface area contributed by atoms with Crippen LogP contribution in [0.2, 0.25) is 0 Å². The quantitative estimate of drug-likeness (QED) is 0.150. The zero-order valence-electron chi connectivity index (χ0n) is 32.1. The van der Waals surface area contributed by atoms with Crippen LogP contribution < -0.4 is 16.0 Å². The number of ether oxygens (including phenoxy) is 2. The van der Waals surface area contributed by atoms with Crippen LogP contribution in [-0.4, -0.2) is 147 Å². The number of aryl methyl sites for hydroxylation is 2. The van der Waals surface area contributed by atoms with Crippen LogP contribution in [0.1, 0.15) is 67.1 Å². The summed E-state index contributed by atoms with van der Waals surface area (Å²) in [6.07, 6.45) is -6.64. The predicted octanol–water partition coefficient (Wildman–Crippen LogP) is 0.750. The average molecular weight is 770 g/mol. The van der Waals surface area contributed by atoms with Gasteiger partial charge in [0, 0.05) is 58.1 Å². The second-order valence-corrected chi connectivity index (χ2v) is 15.7. The number of aliphatic hydroxyl groups excluding tert-OH is 3. The minimum absolute atomic E-state index is 0.0472. The van der Waals surface area contributed by atoms with Crippen LogP contribution in [-0.2, 0) is 24.6 Å². The number of aliphatic carboxylic acids is 1. The highest BCUT2D eigenvalue weighted by Crippen LogP contribution is 2.38. The van der Waals surface area contributed by atoms with Crippen LogP contribution in [0.15, 0.2) is 42.5 Å². The normalized spacial score (nSPS) is 27.0. The Labute approximate surface area is 320 Å². The molecule has 3 heterocycles. The Kier molecular flexibility index (Phi) is 12.8. The smallest absolute Gasteiger partial charge is 0.336 e. The van der Waals surface area contributed by atoms with E-state index in [9.17, 15) is 44.7 Å². The van der Waals surface area contributed by atoms with Crippen molar-refractivity contribution >= 4 is 23.8 Å². The summed E-state index contributed by atoms with van der Waals surface area (Å²) in [5.41, 5.74) is -1.18. The number of phenols is 1. The standard InChI is InChI=1S/C39H55N5O11/c1-23-17-26(18-24(2)31(23)48)34(50)40-20-29(47)32(49)33-30(41-25(3)45)28(46)19-39(55-33,35(51)52)12-14-44-15-16-54-22-38(44)11-13-43(21-38)36(53)42-37(4,5)27-9-7-6-8-10-27/h6-10,17-18,28-30,32-33,46-49H,11-16,19-22H2,1-5H3,(H,40,50)(H,41,45)(H,42,53)(H,51,52)/t28-,29+,30+,32+,33+,38-,39+/m0/s1. The number of rotatable bonds is 12. The minimum Gasteiger partial charge on any atom is -0.507 e. The number of amides is 4.